The van der Waals surface area contributed by atoms with Crippen LogP contribution in [-0.2, 0) is 10.0 Å². The summed E-state index contributed by atoms with van der Waals surface area (Å²) in [6.07, 6.45) is 0. The van der Waals surface area contributed by atoms with Crippen molar-refractivity contribution in [2.24, 2.45) is 10.6 Å². The van der Waals surface area contributed by atoms with Gasteiger partial charge in [0.15, 0.2) is 0 Å². The van der Waals surface area contributed by atoms with Gasteiger partial charge in [0, 0.05) is 12.0 Å². The molecule has 0 aliphatic heterocycles. The lowest BCUT2D eigenvalue weighted by Crippen LogP contribution is -2.29. The van der Waals surface area contributed by atoms with E-state index in [-0.39, 0.29) is 28.2 Å². The van der Waals surface area contributed by atoms with E-state index in [0.29, 0.717) is 11.3 Å². The highest BCUT2D eigenvalue weighted by Crippen LogP contribution is 2.58. The highest BCUT2D eigenvalue weighted by molar-refractivity contribution is 7.89. The van der Waals surface area contributed by atoms with Crippen molar-refractivity contribution >= 4 is 15.9 Å². The molecule has 27 heavy (non-hydrogen) atoms. The van der Waals surface area contributed by atoms with Crippen LogP contribution in [-0.4, -0.2) is 27.5 Å². The maximum atomic E-state index is 12.7. The molecular weight excluding hydrogens is 364 g/mol. The summed E-state index contributed by atoms with van der Waals surface area (Å²) in [5.74, 6) is 0.445. The highest BCUT2D eigenvalue weighted by atomic mass is 32.2. The van der Waals surface area contributed by atoms with Crippen molar-refractivity contribution in [2.75, 3.05) is 7.11 Å². The molecule has 3 N–H and O–H groups in total. The molecule has 2 unspecified atom stereocenters. The van der Waals surface area contributed by atoms with Crippen LogP contribution >= 0.6 is 0 Å². The molecular formula is C20H24N2O4S. The number of carbonyl (C=O) groups is 1. The average molecular weight is 388 g/mol. The number of methoxy groups -OCH3 is 1. The molecule has 1 saturated carbocycles. The number of ether oxygens (including phenoxy) is 1. The monoisotopic (exact) mass is 388 g/mol. The van der Waals surface area contributed by atoms with Gasteiger partial charge in [-0.2, -0.15) is 0 Å². The number of amides is 1. The van der Waals surface area contributed by atoms with Crippen LogP contribution in [0.15, 0.2) is 47.4 Å². The maximum Gasteiger partial charge on any atom is 0.255 e. The summed E-state index contributed by atoms with van der Waals surface area (Å²) in [6.45, 7) is 6.08. The first-order valence-electron chi connectivity index (χ1n) is 8.64. The lowest BCUT2D eigenvalue weighted by Gasteiger charge is -2.11. The van der Waals surface area contributed by atoms with Crippen LogP contribution in [0.3, 0.4) is 0 Å². The number of rotatable bonds is 5. The Morgan fingerprint density at radius 3 is 2.33 bits per heavy atom. The van der Waals surface area contributed by atoms with E-state index in [1.54, 1.807) is 25.3 Å². The van der Waals surface area contributed by atoms with Crippen molar-refractivity contribution in [3.63, 3.8) is 0 Å². The molecule has 0 spiro atoms. The van der Waals surface area contributed by atoms with Gasteiger partial charge in [-0.05, 0) is 47.7 Å². The second-order valence-corrected chi connectivity index (χ2v) is 9.13. The van der Waals surface area contributed by atoms with Gasteiger partial charge in [-0.15, -0.1) is 0 Å². The minimum absolute atomic E-state index is 0.0589. The van der Waals surface area contributed by atoms with Crippen molar-refractivity contribution in [3.8, 4) is 5.75 Å². The van der Waals surface area contributed by atoms with Crippen LogP contribution in [0.4, 0.5) is 0 Å². The van der Waals surface area contributed by atoms with E-state index in [2.05, 4.69) is 19.2 Å². The van der Waals surface area contributed by atoms with E-state index in [0.717, 1.165) is 11.1 Å². The minimum atomic E-state index is -3.72. The van der Waals surface area contributed by atoms with Gasteiger partial charge in [0.25, 0.3) is 5.91 Å². The van der Waals surface area contributed by atoms with Crippen LogP contribution in [0.2, 0.25) is 0 Å². The third-order valence-electron chi connectivity index (χ3n) is 5.28. The Balaban J connectivity index is 1.79. The molecule has 0 aromatic heterocycles. The molecule has 1 fully saturated rings. The van der Waals surface area contributed by atoms with Gasteiger partial charge in [0.05, 0.1) is 17.6 Å². The van der Waals surface area contributed by atoms with Crippen molar-refractivity contribution in [3.05, 3.63) is 59.2 Å². The summed E-state index contributed by atoms with van der Waals surface area (Å²) in [5.41, 5.74) is 2.34. The Bertz CT molecular complexity index is 982. The molecule has 2 aromatic carbocycles. The summed E-state index contributed by atoms with van der Waals surface area (Å²) in [7, 11) is -2.17. The van der Waals surface area contributed by atoms with E-state index in [1.165, 1.54) is 12.1 Å². The molecule has 0 saturated heterocycles. The summed E-state index contributed by atoms with van der Waals surface area (Å²) < 4.78 is 28.2. The Hall–Kier alpha value is -2.38. The molecule has 2 atom stereocenters. The van der Waals surface area contributed by atoms with E-state index < -0.39 is 10.0 Å². The van der Waals surface area contributed by atoms with Gasteiger partial charge in [0.2, 0.25) is 10.0 Å². The minimum Gasteiger partial charge on any atom is -0.496 e. The lowest BCUT2D eigenvalue weighted by atomic mass is 10.0. The fourth-order valence-corrected chi connectivity index (χ4v) is 4.11. The summed E-state index contributed by atoms with van der Waals surface area (Å²) in [4.78, 5) is 12.8. The van der Waals surface area contributed by atoms with Crippen molar-refractivity contribution in [1.82, 2.24) is 5.32 Å². The van der Waals surface area contributed by atoms with E-state index >= 15 is 0 Å². The second kappa shape index (κ2) is 6.65. The molecule has 6 nitrogen and oxygen atoms in total. The first kappa shape index (κ1) is 19.4. The molecule has 0 radical (unpaired) electrons. The standard InChI is InChI=1S/C20H24N2O4S/c1-12-5-10-15(16(11-12)26-4)19(23)22-18-17(20(18,2)3)13-6-8-14(9-7-13)27(21,24)25/h5-11,17-18H,1-4H3,(H,22,23)(H2,21,24,25). The molecule has 144 valence electrons. The predicted octanol–water partition coefficient (Wildman–Crippen LogP) is 2.57. The first-order valence-corrected chi connectivity index (χ1v) is 10.2. The van der Waals surface area contributed by atoms with Crippen molar-refractivity contribution in [1.29, 1.82) is 0 Å². The normalized spacial score (nSPS) is 20.8. The zero-order valence-corrected chi connectivity index (χ0v) is 16.6. The van der Waals surface area contributed by atoms with E-state index in [4.69, 9.17) is 9.88 Å². The smallest absolute Gasteiger partial charge is 0.255 e. The summed E-state index contributed by atoms with van der Waals surface area (Å²) >= 11 is 0. The Kier molecular flexibility index (Phi) is 4.78. The quantitative estimate of drug-likeness (QED) is 0.822. The Labute approximate surface area is 159 Å². The number of carbonyl (C=O) groups excluding carboxylic acids is 1. The summed E-state index contributed by atoms with van der Waals surface area (Å²) in [6, 6.07) is 11.9. The predicted molar refractivity (Wildman–Crippen MR) is 103 cm³/mol. The average Bonchev–Trinajstić information content (AvgIpc) is 3.14. The number of benzene rings is 2. The molecule has 1 amide bonds. The van der Waals surface area contributed by atoms with Crippen molar-refractivity contribution in [2.45, 2.75) is 37.6 Å². The fourth-order valence-electron chi connectivity index (χ4n) is 3.60. The summed E-state index contributed by atoms with van der Waals surface area (Å²) in [5, 5.41) is 8.24. The number of hydrogen-bond donors (Lipinski definition) is 2. The van der Waals surface area contributed by atoms with Crippen LogP contribution in [0, 0.1) is 12.3 Å². The van der Waals surface area contributed by atoms with Crippen LogP contribution in [0.25, 0.3) is 0 Å². The third kappa shape index (κ3) is 3.70. The topological polar surface area (TPSA) is 98.5 Å². The SMILES string of the molecule is COc1cc(C)ccc1C(=O)NC1C(c2ccc(S(N)(=O)=O)cc2)C1(C)C. The molecule has 3 rings (SSSR count). The molecule has 1 aliphatic carbocycles. The number of primary sulfonamides is 1. The first-order chi connectivity index (χ1) is 12.6. The highest BCUT2D eigenvalue weighted by Gasteiger charge is 2.59. The second-order valence-electron chi connectivity index (χ2n) is 7.57. The Morgan fingerprint density at radius 2 is 1.78 bits per heavy atom. The van der Waals surface area contributed by atoms with Crippen LogP contribution < -0.4 is 15.2 Å². The van der Waals surface area contributed by atoms with Gasteiger partial charge in [0.1, 0.15) is 5.75 Å². The van der Waals surface area contributed by atoms with Gasteiger partial charge in [-0.1, -0.05) is 32.0 Å². The maximum absolute atomic E-state index is 12.7. The number of aryl methyl sites for hydroxylation is 1. The molecule has 0 bridgehead atoms. The van der Waals surface area contributed by atoms with Gasteiger partial charge >= 0.3 is 0 Å². The molecule has 1 aliphatic rings. The largest absolute Gasteiger partial charge is 0.496 e. The third-order valence-corrected chi connectivity index (χ3v) is 6.21. The van der Waals surface area contributed by atoms with Crippen LogP contribution in [0.1, 0.15) is 41.3 Å². The number of sulfonamides is 1. The zero-order chi connectivity index (χ0) is 20.0. The van der Waals surface area contributed by atoms with Gasteiger partial charge in [-0.3, -0.25) is 4.79 Å². The molecule has 2 aromatic rings. The lowest BCUT2D eigenvalue weighted by molar-refractivity contribution is 0.0943. The zero-order valence-electron chi connectivity index (χ0n) is 15.8. The number of nitrogens with two attached hydrogens (primary N) is 1. The van der Waals surface area contributed by atoms with Crippen molar-refractivity contribution < 1.29 is 17.9 Å². The number of nitrogens with one attached hydrogen (secondary N) is 1. The Morgan fingerprint density at radius 1 is 1.15 bits per heavy atom. The van der Waals surface area contributed by atoms with Crippen LogP contribution in [0.5, 0.6) is 5.75 Å². The van der Waals surface area contributed by atoms with E-state index in [1.807, 2.05) is 19.1 Å². The van der Waals surface area contributed by atoms with E-state index in [9.17, 15) is 13.2 Å². The molecule has 0 heterocycles. The fraction of sp³-hybridized carbons (Fsp3) is 0.350. The van der Waals surface area contributed by atoms with Gasteiger partial charge in [-0.25, -0.2) is 13.6 Å². The number of hydrogen-bond acceptors (Lipinski definition) is 4. The van der Waals surface area contributed by atoms with Gasteiger partial charge < -0.3 is 10.1 Å². The molecule has 7 heteroatoms.